The van der Waals surface area contributed by atoms with Crippen molar-refractivity contribution in [2.45, 2.75) is 23.5 Å². The lowest BCUT2D eigenvalue weighted by atomic mass is 10.2. The van der Waals surface area contributed by atoms with E-state index in [1.165, 1.54) is 0 Å². The average molecular weight is 291 g/mol. The van der Waals surface area contributed by atoms with E-state index in [9.17, 15) is 4.79 Å². The topological polar surface area (TPSA) is 44.4 Å². The molecule has 5 heteroatoms. The molecule has 4 nitrogen and oxygen atoms in total. The van der Waals surface area contributed by atoms with Crippen molar-refractivity contribution in [1.29, 1.82) is 0 Å². The van der Waals surface area contributed by atoms with E-state index in [4.69, 9.17) is 0 Å². The Morgan fingerprint density at radius 3 is 2.75 bits per heavy atom. The number of rotatable bonds is 5. The third-order valence-electron chi connectivity index (χ3n) is 3.18. The summed E-state index contributed by atoms with van der Waals surface area (Å²) in [4.78, 5) is 15.4. The lowest BCUT2D eigenvalue weighted by Crippen LogP contribution is -2.42. The maximum absolute atomic E-state index is 12.0. The van der Waals surface area contributed by atoms with E-state index in [-0.39, 0.29) is 11.2 Å². The van der Waals surface area contributed by atoms with Gasteiger partial charge in [-0.15, -0.1) is 11.8 Å². The van der Waals surface area contributed by atoms with Crippen LogP contribution in [0, 0.1) is 0 Å². The number of carbonyl (C=O) groups is 1. The molecule has 0 bridgehead atoms. The van der Waals surface area contributed by atoms with Crippen LogP contribution in [0.3, 0.4) is 0 Å². The molecule has 1 unspecified atom stereocenters. The SMILES string of the molecule is CC(Sc1ccccc1)C(=O)NNC1=CCN(C)CC1. The maximum Gasteiger partial charge on any atom is 0.251 e. The van der Waals surface area contributed by atoms with Crippen LogP contribution < -0.4 is 10.9 Å². The number of thioether (sulfide) groups is 1. The Morgan fingerprint density at radius 1 is 1.35 bits per heavy atom. The van der Waals surface area contributed by atoms with Crippen molar-refractivity contribution in [2.24, 2.45) is 0 Å². The van der Waals surface area contributed by atoms with Crippen LogP contribution in [0.1, 0.15) is 13.3 Å². The van der Waals surface area contributed by atoms with Crippen molar-refractivity contribution in [3.05, 3.63) is 42.1 Å². The van der Waals surface area contributed by atoms with Crippen molar-refractivity contribution in [1.82, 2.24) is 15.8 Å². The van der Waals surface area contributed by atoms with Gasteiger partial charge in [0.2, 0.25) is 0 Å². The Morgan fingerprint density at radius 2 is 2.10 bits per heavy atom. The van der Waals surface area contributed by atoms with Crippen LogP contribution in [0.4, 0.5) is 0 Å². The van der Waals surface area contributed by atoms with Crippen molar-refractivity contribution in [3.63, 3.8) is 0 Å². The number of nitrogens with one attached hydrogen (secondary N) is 2. The molecular weight excluding hydrogens is 270 g/mol. The summed E-state index contributed by atoms with van der Waals surface area (Å²) < 4.78 is 0. The zero-order chi connectivity index (χ0) is 14.4. The van der Waals surface area contributed by atoms with Gasteiger partial charge in [0.15, 0.2) is 0 Å². The summed E-state index contributed by atoms with van der Waals surface area (Å²) in [7, 11) is 2.09. The van der Waals surface area contributed by atoms with Crippen LogP contribution in [0.2, 0.25) is 0 Å². The van der Waals surface area contributed by atoms with Crippen LogP contribution in [-0.2, 0) is 4.79 Å². The first kappa shape index (κ1) is 14.9. The van der Waals surface area contributed by atoms with Gasteiger partial charge in [0.25, 0.3) is 5.91 Å². The molecule has 20 heavy (non-hydrogen) atoms. The fourth-order valence-electron chi connectivity index (χ4n) is 1.88. The molecule has 0 saturated carbocycles. The molecule has 1 amide bonds. The van der Waals surface area contributed by atoms with Gasteiger partial charge in [-0.1, -0.05) is 18.2 Å². The van der Waals surface area contributed by atoms with Crippen molar-refractivity contribution in [3.8, 4) is 0 Å². The number of hydrogen-bond donors (Lipinski definition) is 2. The van der Waals surface area contributed by atoms with Gasteiger partial charge in [0.1, 0.15) is 0 Å². The van der Waals surface area contributed by atoms with E-state index in [0.717, 1.165) is 30.1 Å². The monoisotopic (exact) mass is 291 g/mol. The predicted molar refractivity (Wildman–Crippen MR) is 83.2 cm³/mol. The lowest BCUT2D eigenvalue weighted by Gasteiger charge is -2.23. The van der Waals surface area contributed by atoms with Gasteiger partial charge in [0.05, 0.1) is 5.25 Å². The molecule has 0 aliphatic carbocycles. The smallest absolute Gasteiger partial charge is 0.251 e. The molecule has 1 atom stereocenters. The molecule has 0 radical (unpaired) electrons. The summed E-state index contributed by atoms with van der Waals surface area (Å²) in [6.45, 7) is 3.85. The highest BCUT2D eigenvalue weighted by Crippen LogP contribution is 2.22. The normalized spacial score (nSPS) is 17.2. The third kappa shape index (κ3) is 4.58. The van der Waals surface area contributed by atoms with E-state index in [2.05, 4.69) is 28.9 Å². The minimum absolute atomic E-state index is 0.00122. The second-order valence-corrected chi connectivity index (χ2v) is 6.34. The molecule has 2 N–H and O–H groups in total. The van der Waals surface area contributed by atoms with Gasteiger partial charge in [0, 0.05) is 30.1 Å². The average Bonchev–Trinajstić information content (AvgIpc) is 2.47. The minimum atomic E-state index is -0.128. The second kappa shape index (κ2) is 7.36. The molecule has 0 saturated heterocycles. The lowest BCUT2D eigenvalue weighted by molar-refractivity contribution is -0.121. The quantitative estimate of drug-likeness (QED) is 0.643. The van der Waals surface area contributed by atoms with Crippen molar-refractivity contribution >= 4 is 17.7 Å². The second-order valence-electron chi connectivity index (χ2n) is 4.93. The first-order chi connectivity index (χ1) is 9.65. The number of carbonyl (C=O) groups excluding carboxylic acids is 1. The van der Waals surface area contributed by atoms with E-state index < -0.39 is 0 Å². The maximum atomic E-state index is 12.0. The molecule has 1 aromatic rings. The molecule has 1 aliphatic heterocycles. The van der Waals surface area contributed by atoms with E-state index in [1.807, 2.05) is 37.3 Å². The highest BCUT2D eigenvalue weighted by atomic mass is 32.2. The van der Waals surface area contributed by atoms with E-state index in [1.54, 1.807) is 11.8 Å². The predicted octanol–water partition coefficient (Wildman–Crippen LogP) is 2.01. The Kier molecular flexibility index (Phi) is 5.49. The van der Waals surface area contributed by atoms with Gasteiger partial charge in [-0.05, 0) is 32.2 Å². The number of amides is 1. The Labute approximate surface area is 124 Å². The molecule has 0 spiro atoms. The summed E-state index contributed by atoms with van der Waals surface area (Å²) in [5.74, 6) is -0.00122. The van der Waals surface area contributed by atoms with Crippen LogP contribution in [0.15, 0.2) is 47.0 Å². The van der Waals surface area contributed by atoms with Crippen molar-refractivity contribution in [2.75, 3.05) is 20.1 Å². The molecule has 108 valence electrons. The summed E-state index contributed by atoms with van der Waals surface area (Å²) in [6, 6.07) is 9.97. The van der Waals surface area contributed by atoms with Gasteiger partial charge in [-0.2, -0.15) is 0 Å². The van der Waals surface area contributed by atoms with Crippen LogP contribution in [0.25, 0.3) is 0 Å². The third-order valence-corrected chi connectivity index (χ3v) is 4.30. The number of hydrazine groups is 1. The number of likely N-dealkylation sites (N-methyl/N-ethyl adjacent to an activating group) is 1. The van der Waals surface area contributed by atoms with Crippen LogP contribution in [0.5, 0.6) is 0 Å². The first-order valence-electron chi connectivity index (χ1n) is 6.80. The highest BCUT2D eigenvalue weighted by Gasteiger charge is 2.15. The largest absolute Gasteiger partial charge is 0.303 e. The first-order valence-corrected chi connectivity index (χ1v) is 7.68. The molecule has 1 aromatic carbocycles. The van der Waals surface area contributed by atoms with Gasteiger partial charge in [-0.3, -0.25) is 10.2 Å². The molecule has 1 heterocycles. The van der Waals surface area contributed by atoms with E-state index >= 15 is 0 Å². The van der Waals surface area contributed by atoms with Gasteiger partial charge in [-0.25, -0.2) is 0 Å². The number of nitrogens with zero attached hydrogens (tertiary/aromatic N) is 1. The molecule has 2 rings (SSSR count). The molecule has 0 fully saturated rings. The molecular formula is C15H21N3OS. The Balaban J connectivity index is 1.77. The summed E-state index contributed by atoms with van der Waals surface area (Å²) in [5, 5.41) is -0.128. The fourth-order valence-corrected chi connectivity index (χ4v) is 2.77. The van der Waals surface area contributed by atoms with E-state index in [0.29, 0.717) is 0 Å². The highest BCUT2D eigenvalue weighted by molar-refractivity contribution is 8.00. The zero-order valence-electron chi connectivity index (χ0n) is 11.9. The van der Waals surface area contributed by atoms with Crippen molar-refractivity contribution < 1.29 is 4.79 Å². The summed E-state index contributed by atoms with van der Waals surface area (Å²) in [6.07, 6.45) is 3.05. The zero-order valence-corrected chi connectivity index (χ0v) is 12.7. The van der Waals surface area contributed by atoms with Crippen LogP contribution in [-0.4, -0.2) is 36.2 Å². The fraction of sp³-hybridized carbons (Fsp3) is 0.400. The number of benzene rings is 1. The standard InChI is InChI=1S/C15H21N3OS/c1-12(20-14-6-4-3-5-7-14)15(19)17-16-13-8-10-18(2)11-9-13/h3-8,12,16H,9-11H2,1-2H3,(H,17,19). The summed E-state index contributed by atoms with van der Waals surface area (Å²) >= 11 is 1.56. The Bertz CT molecular complexity index is 475. The Hall–Kier alpha value is -1.46. The van der Waals surface area contributed by atoms with Crippen LogP contribution >= 0.6 is 11.8 Å². The number of hydrogen-bond acceptors (Lipinski definition) is 4. The van der Waals surface area contributed by atoms with Gasteiger partial charge >= 0.3 is 0 Å². The molecule has 1 aliphatic rings. The molecule has 0 aromatic heterocycles. The summed E-state index contributed by atoms with van der Waals surface area (Å²) in [5.41, 5.74) is 6.91. The van der Waals surface area contributed by atoms with Gasteiger partial charge < -0.3 is 10.3 Å². The minimum Gasteiger partial charge on any atom is -0.303 e.